The van der Waals surface area contributed by atoms with Crippen LogP contribution >= 0.6 is 0 Å². The highest BCUT2D eigenvalue weighted by Crippen LogP contribution is 2.19. The third kappa shape index (κ3) is 3.03. The van der Waals surface area contributed by atoms with Crippen LogP contribution < -0.4 is 5.32 Å². The zero-order valence-electron chi connectivity index (χ0n) is 9.32. The Morgan fingerprint density at radius 1 is 1.25 bits per heavy atom. The lowest BCUT2D eigenvalue weighted by atomic mass is 10.1. The first kappa shape index (κ1) is 11.6. The largest absolute Gasteiger partial charge is 0.387 e. The van der Waals surface area contributed by atoms with Crippen molar-refractivity contribution in [1.82, 2.24) is 5.32 Å². The zero-order valence-corrected chi connectivity index (χ0v) is 9.32. The first-order valence-electron chi connectivity index (χ1n) is 5.92. The number of nitrogens with one attached hydrogen (secondary N) is 1. The first-order valence-corrected chi connectivity index (χ1v) is 5.92. The fourth-order valence-electron chi connectivity index (χ4n) is 2.21. The van der Waals surface area contributed by atoms with E-state index in [9.17, 15) is 9.50 Å². The van der Waals surface area contributed by atoms with Crippen molar-refractivity contribution in [2.45, 2.75) is 37.8 Å². The van der Waals surface area contributed by atoms with Crippen molar-refractivity contribution < 1.29 is 9.50 Å². The molecule has 1 fully saturated rings. The van der Waals surface area contributed by atoms with Crippen LogP contribution in [0, 0.1) is 5.82 Å². The number of hydrogen-bond acceptors (Lipinski definition) is 2. The molecular formula is C13H18FNO. The Morgan fingerprint density at radius 2 is 1.88 bits per heavy atom. The Bertz CT molecular complexity index is 319. The summed E-state index contributed by atoms with van der Waals surface area (Å²) in [5.41, 5.74) is 0.770. The minimum absolute atomic E-state index is 0.264. The standard InChI is InChI=1S/C13H18FNO/c14-11-7-5-10(6-8-11)13(16)9-15-12-3-1-2-4-12/h5-8,12-13,15-16H,1-4,9H2. The van der Waals surface area contributed by atoms with Crippen molar-refractivity contribution in [2.24, 2.45) is 0 Å². The molecule has 0 spiro atoms. The van der Waals surface area contributed by atoms with Gasteiger partial charge in [0.2, 0.25) is 0 Å². The predicted octanol–water partition coefficient (Wildman–Crippen LogP) is 2.39. The number of hydrogen-bond donors (Lipinski definition) is 2. The van der Waals surface area contributed by atoms with Crippen molar-refractivity contribution in [3.8, 4) is 0 Å². The smallest absolute Gasteiger partial charge is 0.123 e. The van der Waals surface area contributed by atoms with Crippen molar-refractivity contribution in [2.75, 3.05) is 6.54 Å². The molecular weight excluding hydrogens is 205 g/mol. The van der Waals surface area contributed by atoms with Gasteiger partial charge >= 0.3 is 0 Å². The lowest BCUT2D eigenvalue weighted by molar-refractivity contribution is 0.170. The first-order chi connectivity index (χ1) is 7.75. The third-order valence-electron chi connectivity index (χ3n) is 3.21. The lowest BCUT2D eigenvalue weighted by Crippen LogP contribution is -2.30. The van der Waals surface area contributed by atoms with E-state index in [2.05, 4.69) is 5.32 Å². The highest BCUT2D eigenvalue weighted by atomic mass is 19.1. The number of halogens is 1. The Balaban J connectivity index is 1.82. The Morgan fingerprint density at radius 3 is 2.50 bits per heavy atom. The van der Waals surface area contributed by atoms with Gasteiger partial charge < -0.3 is 10.4 Å². The minimum Gasteiger partial charge on any atom is -0.387 e. The van der Waals surface area contributed by atoms with Gasteiger partial charge in [-0.25, -0.2) is 4.39 Å². The molecule has 1 aromatic rings. The van der Waals surface area contributed by atoms with E-state index >= 15 is 0 Å². The van der Waals surface area contributed by atoms with Crippen LogP contribution in [0.3, 0.4) is 0 Å². The fourth-order valence-corrected chi connectivity index (χ4v) is 2.21. The Kier molecular flexibility index (Phi) is 3.91. The molecule has 1 aromatic carbocycles. The maximum absolute atomic E-state index is 12.7. The molecule has 0 heterocycles. The molecule has 16 heavy (non-hydrogen) atoms. The van der Waals surface area contributed by atoms with Crippen molar-refractivity contribution in [3.05, 3.63) is 35.6 Å². The van der Waals surface area contributed by atoms with Crippen LogP contribution in [0.15, 0.2) is 24.3 Å². The zero-order chi connectivity index (χ0) is 11.4. The normalized spacial score (nSPS) is 18.9. The van der Waals surface area contributed by atoms with Gasteiger partial charge in [0.05, 0.1) is 6.10 Å². The van der Waals surface area contributed by atoms with E-state index < -0.39 is 6.10 Å². The average Bonchev–Trinajstić information content (AvgIpc) is 2.80. The van der Waals surface area contributed by atoms with Gasteiger partial charge in [-0.05, 0) is 30.5 Å². The molecule has 3 heteroatoms. The molecule has 1 saturated carbocycles. The summed E-state index contributed by atoms with van der Waals surface area (Å²) in [6.45, 7) is 0.552. The van der Waals surface area contributed by atoms with Gasteiger partial charge in [-0.2, -0.15) is 0 Å². The van der Waals surface area contributed by atoms with Crippen LogP contribution in [-0.2, 0) is 0 Å². The number of benzene rings is 1. The summed E-state index contributed by atoms with van der Waals surface area (Å²) in [7, 11) is 0. The van der Waals surface area contributed by atoms with E-state index in [1.807, 2.05) is 0 Å². The molecule has 1 aliphatic rings. The van der Waals surface area contributed by atoms with E-state index in [1.165, 1.54) is 37.8 Å². The van der Waals surface area contributed by atoms with Crippen LogP contribution in [0.1, 0.15) is 37.4 Å². The highest BCUT2D eigenvalue weighted by molar-refractivity contribution is 5.18. The third-order valence-corrected chi connectivity index (χ3v) is 3.21. The second-order valence-corrected chi connectivity index (χ2v) is 4.46. The molecule has 2 N–H and O–H groups in total. The molecule has 1 aliphatic carbocycles. The summed E-state index contributed by atoms with van der Waals surface area (Å²) in [6, 6.07) is 6.59. The molecule has 0 aliphatic heterocycles. The summed E-state index contributed by atoms with van der Waals surface area (Å²) in [5, 5.41) is 13.2. The van der Waals surface area contributed by atoms with Gasteiger partial charge in [0, 0.05) is 12.6 Å². The molecule has 1 atom stereocenters. The Hall–Kier alpha value is -0.930. The van der Waals surface area contributed by atoms with Gasteiger partial charge in [0.25, 0.3) is 0 Å². The highest BCUT2D eigenvalue weighted by Gasteiger charge is 2.16. The van der Waals surface area contributed by atoms with Crippen LogP contribution in [0.4, 0.5) is 4.39 Å². The van der Waals surface area contributed by atoms with Gasteiger partial charge in [0.15, 0.2) is 0 Å². The molecule has 0 radical (unpaired) electrons. The molecule has 0 saturated heterocycles. The topological polar surface area (TPSA) is 32.3 Å². The van der Waals surface area contributed by atoms with Crippen molar-refractivity contribution in [3.63, 3.8) is 0 Å². The van der Waals surface area contributed by atoms with Gasteiger partial charge in [-0.3, -0.25) is 0 Å². The van der Waals surface area contributed by atoms with Gasteiger partial charge in [-0.15, -0.1) is 0 Å². The average molecular weight is 223 g/mol. The number of aliphatic hydroxyl groups is 1. The number of rotatable bonds is 4. The molecule has 0 aromatic heterocycles. The van der Waals surface area contributed by atoms with Crippen molar-refractivity contribution >= 4 is 0 Å². The fraction of sp³-hybridized carbons (Fsp3) is 0.538. The van der Waals surface area contributed by atoms with E-state index in [1.54, 1.807) is 12.1 Å². The van der Waals surface area contributed by atoms with E-state index in [0.29, 0.717) is 12.6 Å². The summed E-state index contributed by atoms with van der Waals surface area (Å²) >= 11 is 0. The molecule has 88 valence electrons. The summed E-state index contributed by atoms with van der Waals surface area (Å²) < 4.78 is 12.7. The maximum Gasteiger partial charge on any atom is 0.123 e. The van der Waals surface area contributed by atoms with Crippen LogP contribution in [0.5, 0.6) is 0 Å². The van der Waals surface area contributed by atoms with Crippen LogP contribution in [-0.4, -0.2) is 17.7 Å². The molecule has 2 rings (SSSR count). The van der Waals surface area contributed by atoms with E-state index in [-0.39, 0.29) is 5.82 Å². The lowest BCUT2D eigenvalue weighted by Gasteiger charge is -2.16. The van der Waals surface area contributed by atoms with E-state index in [4.69, 9.17) is 0 Å². The monoisotopic (exact) mass is 223 g/mol. The van der Waals surface area contributed by atoms with Gasteiger partial charge in [-0.1, -0.05) is 25.0 Å². The van der Waals surface area contributed by atoms with Crippen molar-refractivity contribution in [1.29, 1.82) is 0 Å². The maximum atomic E-state index is 12.7. The van der Waals surface area contributed by atoms with Gasteiger partial charge in [0.1, 0.15) is 5.82 Å². The second kappa shape index (κ2) is 5.41. The number of aliphatic hydroxyl groups excluding tert-OH is 1. The summed E-state index contributed by atoms with van der Waals surface area (Å²) in [5.74, 6) is -0.264. The minimum atomic E-state index is -0.541. The molecule has 0 amide bonds. The Labute approximate surface area is 95.5 Å². The molecule has 1 unspecified atom stereocenters. The predicted molar refractivity (Wildman–Crippen MR) is 61.6 cm³/mol. The molecule has 0 bridgehead atoms. The summed E-state index contributed by atoms with van der Waals surface area (Å²) in [4.78, 5) is 0. The summed E-state index contributed by atoms with van der Waals surface area (Å²) in [6.07, 6.45) is 4.43. The van der Waals surface area contributed by atoms with Crippen LogP contribution in [0.2, 0.25) is 0 Å². The SMILES string of the molecule is OC(CNC1CCCC1)c1ccc(F)cc1. The van der Waals surface area contributed by atoms with E-state index in [0.717, 1.165) is 5.56 Å². The molecule has 2 nitrogen and oxygen atoms in total. The van der Waals surface area contributed by atoms with Crippen LogP contribution in [0.25, 0.3) is 0 Å². The second-order valence-electron chi connectivity index (χ2n) is 4.46. The quantitative estimate of drug-likeness (QED) is 0.821.